The molecule has 0 saturated heterocycles. The fraction of sp³-hybridized carbons (Fsp3) is 0.459. The Labute approximate surface area is 253 Å². The number of anilines is 1. The number of carbonyl (C=O) groups excluding carboxylic acids is 1. The summed E-state index contributed by atoms with van der Waals surface area (Å²) in [7, 11) is -0.124. The van der Waals surface area contributed by atoms with Crippen LogP contribution in [0.15, 0.2) is 48.5 Å². The predicted octanol–water partition coefficient (Wildman–Crippen LogP) is 4.54. The van der Waals surface area contributed by atoms with Crippen molar-refractivity contribution in [2.75, 3.05) is 32.0 Å². The molecule has 3 heterocycles. The van der Waals surface area contributed by atoms with Gasteiger partial charge >= 0.3 is 0 Å². The lowest BCUT2D eigenvalue weighted by Crippen LogP contribution is -2.65. The number of amides is 1. The predicted molar refractivity (Wildman–Crippen MR) is 180 cm³/mol. The Morgan fingerprint density at radius 3 is 2.55 bits per heavy atom. The number of nitrogens with one attached hydrogen (secondary N) is 1. The molecule has 3 aliphatic heterocycles. The Balaban J connectivity index is 1.72. The molecule has 42 heavy (non-hydrogen) atoms. The number of carbonyl (C=O) groups is 1. The first-order valence-electron chi connectivity index (χ1n) is 16.2. The third-order valence-corrected chi connectivity index (χ3v) is 13.8. The van der Waals surface area contributed by atoms with Crippen LogP contribution in [0.3, 0.4) is 0 Å². The van der Waals surface area contributed by atoms with E-state index in [-0.39, 0.29) is 11.4 Å². The van der Waals surface area contributed by atoms with Gasteiger partial charge in [0.2, 0.25) is 5.36 Å². The minimum Gasteiger partial charge on any atom is -0.385 e. The van der Waals surface area contributed by atoms with Crippen molar-refractivity contribution < 1.29 is 4.79 Å². The summed E-state index contributed by atoms with van der Waals surface area (Å²) in [5.41, 5.74) is 8.80. The van der Waals surface area contributed by atoms with E-state index in [2.05, 4.69) is 87.1 Å². The van der Waals surface area contributed by atoms with Crippen LogP contribution in [0.5, 0.6) is 0 Å². The molecule has 1 N–H and O–H groups in total. The molecule has 4 nitrogen and oxygen atoms in total. The smallest absolute Gasteiger partial charge is 0.254 e. The van der Waals surface area contributed by atoms with Crippen molar-refractivity contribution in [1.82, 2.24) is 9.48 Å². The second-order valence-corrected chi connectivity index (χ2v) is 18.1. The third kappa shape index (κ3) is 4.65. The van der Waals surface area contributed by atoms with Crippen LogP contribution in [0.25, 0.3) is 5.57 Å². The number of hydrogen-bond acceptors (Lipinski definition) is 2. The molecule has 220 valence electrons. The van der Waals surface area contributed by atoms with Gasteiger partial charge < -0.3 is 10.2 Å². The molecule has 5 heteroatoms. The van der Waals surface area contributed by atoms with Crippen molar-refractivity contribution in [3.63, 3.8) is 0 Å². The average molecular weight is 579 g/mol. The van der Waals surface area contributed by atoms with Gasteiger partial charge in [-0.2, -0.15) is 0 Å². The van der Waals surface area contributed by atoms with Crippen LogP contribution >= 0.6 is 0 Å². The molecule has 0 aliphatic carbocycles. The van der Waals surface area contributed by atoms with E-state index in [4.69, 9.17) is 0 Å². The molecule has 0 saturated carbocycles. The van der Waals surface area contributed by atoms with Crippen LogP contribution in [0.1, 0.15) is 86.0 Å². The minimum atomic E-state index is -2.08. The Hall–Kier alpha value is -3.18. The van der Waals surface area contributed by atoms with E-state index in [1.165, 1.54) is 48.9 Å². The molecule has 0 fully saturated rings. The average Bonchev–Trinajstić information content (AvgIpc) is 2.98. The number of benzene rings is 3. The molecule has 1 amide bonds. The van der Waals surface area contributed by atoms with E-state index in [9.17, 15) is 4.79 Å². The molecular weight excluding hydrogens is 531 g/mol. The van der Waals surface area contributed by atoms with Crippen LogP contribution < -0.4 is 30.8 Å². The zero-order chi connectivity index (χ0) is 29.8. The van der Waals surface area contributed by atoms with Crippen LogP contribution in [0, 0.1) is 0 Å². The number of fused-ring (bicyclic) bond motifs is 4. The molecule has 0 aromatic heterocycles. The monoisotopic (exact) mass is 578 g/mol. The molecule has 0 unspecified atom stereocenters. The van der Waals surface area contributed by atoms with E-state index in [0.717, 1.165) is 69.3 Å². The molecule has 0 atom stereocenters. The molecule has 0 radical (unpaired) electrons. The summed E-state index contributed by atoms with van der Waals surface area (Å²) in [5.74, 6) is 0.119. The van der Waals surface area contributed by atoms with Gasteiger partial charge in [-0.3, -0.25) is 4.79 Å². The Morgan fingerprint density at radius 1 is 1.00 bits per heavy atom. The van der Waals surface area contributed by atoms with Crippen molar-refractivity contribution >= 4 is 35.6 Å². The van der Waals surface area contributed by atoms with Gasteiger partial charge in [0.1, 0.15) is 14.6 Å². The maximum Gasteiger partial charge on any atom is 0.254 e. The third-order valence-electron chi connectivity index (χ3n) is 10.3. The van der Waals surface area contributed by atoms with Crippen LogP contribution in [-0.4, -0.2) is 51.1 Å². The van der Waals surface area contributed by atoms with E-state index >= 15 is 0 Å². The van der Waals surface area contributed by atoms with Crippen LogP contribution in [0.2, 0.25) is 13.1 Å². The first kappa shape index (κ1) is 28.9. The van der Waals surface area contributed by atoms with E-state index < -0.39 is 8.07 Å². The van der Waals surface area contributed by atoms with Gasteiger partial charge in [0, 0.05) is 49.4 Å². The molecule has 3 aliphatic rings. The number of nitrogens with zero attached hydrogens (tertiary/aromatic N) is 2. The van der Waals surface area contributed by atoms with E-state index in [1.807, 2.05) is 24.1 Å². The van der Waals surface area contributed by atoms with Gasteiger partial charge in [-0.1, -0.05) is 44.6 Å². The fourth-order valence-corrected chi connectivity index (χ4v) is 10.8. The summed E-state index contributed by atoms with van der Waals surface area (Å²) in [6.45, 7) is 17.1. The fourth-order valence-electron chi connectivity index (χ4n) is 7.72. The zero-order valence-electron chi connectivity index (χ0n) is 26.8. The number of aryl methyl sites for hydroxylation is 2. The first-order valence-corrected chi connectivity index (χ1v) is 19.2. The second kappa shape index (κ2) is 10.8. The SMILES string of the molecule is CCCCN(C)C(=O)c1ccccc1C1=c2cc3c(cc2[Si](C)(C)c2cc4c(cc21)CCCN4)=[N+](CC)C(C)(C)CC3. The second-order valence-electron chi connectivity index (χ2n) is 13.8. The quantitative estimate of drug-likeness (QED) is 0.345. The van der Waals surface area contributed by atoms with Crippen molar-refractivity contribution in [3.05, 3.63) is 86.9 Å². The normalized spacial score (nSPS) is 17.9. The summed E-state index contributed by atoms with van der Waals surface area (Å²) in [4.78, 5) is 15.9. The molecule has 3 aromatic carbocycles. The molecule has 6 rings (SSSR count). The van der Waals surface area contributed by atoms with Crippen LogP contribution in [-0.2, 0) is 12.8 Å². The van der Waals surface area contributed by atoms with Gasteiger partial charge in [0.15, 0.2) is 5.54 Å². The number of rotatable bonds is 6. The van der Waals surface area contributed by atoms with Crippen molar-refractivity contribution in [3.8, 4) is 0 Å². The van der Waals surface area contributed by atoms with E-state index in [1.54, 1.807) is 0 Å². The summed E-state index contributed by atoms with van der Waals surface area (Å²) in [6, 6.07) is 18.4. The number of hydrogen-bond donors (Lipinski definition) is 1. The van der Waals surface area contributed by atoms with Crippen molar-refractivity contribution in [2.24, 2.45) is 0 Å². The van der Waals surface area contributed by atoms with Gasteiger partial charge in [-0.25, -0.2) is 4.58 Å². The lowest BCUT2D eigenvalue weighted by atomic mass is 9.86. The topological polar surface area (TPSA) is 35.4 Å². The highest BCUT2D eigenvalue weighted by molar-refractivity contribution is 7.01. The highest BCUT2D eigenvalue weighted by Crippen LogP contribution is 2.33. The molecule has 0 spiro atoms. The molecular formula is C37H48N3OSi+. The van der Waals surface area contributed by atoms with Crippen molar-refractivity contribution in [1.29, 1.82) is 0 Å². The lowest BCUT2D eigenvalue weighted by molar-refractivity contribution is 0.0793. The van der Waals surface area contributed by atoms with Crippen LogP contribution in [0.4, 0.5) is 5.69 Å². The van der Waals surface area contributed by atoms with Gasteiger partial charge in [0.05, 0.1) is 0 Å². The van der Waals surface area contributed by atoms with Gasteiger partial charge in [-0.15, -0.1) is 0 Å². The van der Waals surface area contributed by atoms with Gasteiger partial charge in [0.25, 0.3) is 5.91 Å². The summed E-state index contributed by atoms with van der Waals surface area (Å²) >= 11 is 0. The minimum absolute atomic E-state index is 0.119. The Morgan fingerprint density at radius 2 is 1.79 bits per heavy atom. The molecule has 3 aromatic rings. The maximum atomic E-state index is 14.0. The summed E-state index contributed by atoms with van der Waals surface area (Å²) in [5, 5.41) is 9.46. The van der Waals surface area contributed by atoms with Crippen molar-refractivity contribution in [2.45, 2.75) is 84.9 Å². The summed E-state index contributed by atoms with van der Waals surface area (Å²) < 4.78 is 2.63. The Bertz CT molecular complexity index is 1700. The standard InChI is InChI=1S/C37H47N3OSi/c1-8-10-20-39(5)36(41)28-16-12-11-15-27(28)35-29-21-25-14-13-19-38-31(25)23-33(29)42(6,7)34-24-32-26(22-30(34)35)17-18-37(3,4)40(32)9-2/h11-12,15-16,21-24H,8-10,13-14,17-20H2,1-7H3/p+1. The highest BCUT2D eigenvalue weighted by Gasteiger charge is 2.40. The Kier molecular flexibility index (Phi) is 7.45. The first-order chi connectivity index (χ1) is 20.1. The van der Waals surface area contributed by atoms with Gasteiger partial charge in [-0.05, 0) is 109 Å². The zero-order valence-corrected chi connectivity index (χ0v) is 27.8. The molecule has 0 bridgehead atoms. The maximum absolute atomic E-state index is 14.0. The number of unbranched alkanes of at least 4 members (excludes halogenated alkanes) is 1. The lowest BCUT2D eigenvalue weighted by Gasteiger charge is -2.36. The van der Waals surface area contributed by atoms with E-state index in [0.29, 0.717) is 0 Å². The largest absolute Gasteiger partial charge is 0.385 e. The highest BCUT2D eigenvalue weighted by atomic mass is 28.3. The summed E-state index contributed by atoms with van der Waals surface area (Å²) in [6.07, 6.45) is 6.59.